The van der Waals surface area contributed by atoms with Crippen molar-refractivity contribution in [2.24, 2.45) is 11.8 Å². The lowest BCUT2D eigenvalue weighted by Gasteiger charge is -2.33. The lowest BCUT2D eigenvalue weighted by atomic mass is 9.79. The van der Waals surface area contributed by atoms with Gasteiger partial charge in [-0.15, -0.1) is 0 Å². The number of fused-ring (bicyclic) bond motifs is 1. The molecule has 5 rings (SSSR count). The van der Waals surface area contributed by atoms with Gasteiger partial charge in [0.25, 0.3) is 10.2 Å². The largest absolute Gasteiger partial charge is 0.489 e. The Morgan fingerprint density at radius 2 is 1.80 bits per heavy atom. The minimum Gasteiger partial charge on any atom is -0.489 e. The van der Waals surface area contributed by atoms with Crippen LogP contribution in [-0.4, -0.2) is 31.4 Å². The highest BCUT2D eigenvalue weighted by atomic mass is 32.2. The highest BCUT2D eigenvalue weighted by Crippen LogP contribution is 2.50. The summed E-state index contributed by atoms with van der Waals surface area (Å²) in [7, 11) is -3.38. The Morgan fingerprint density at radius 3 is 2.53 bits per heavy atom. The molecule has 0 radical (unpaired) electrons. The van der Waals surface area contributed by atoms with Crippen molar-refractivity contribution < 1.29 is 13.2 Å². The van der Waals surface area contributed by atoms with Crippen LogP contribution in [0.1, 0.15) is 42.9 Å². The molecule has 1 saturated heterocycles. The van der Waals surface area contributed by atoms with Gasteiger partial charge in [-0.05, 0) is 72.8 Å². The topological polar surface area (TPSA) is 58.6 Å². The molecule has 6 heteroatoms. The third-order valence-electron chi connectivity index (χ3n) is 7.25. The molecule has 2 aliphatic carbocycles. The van der Waals surface area contributed by atoms with Crippen LogP contribution < -0.4 is 9.46 Å². The molecule has 3 aliphatic rings. The van der Waals surface area contributed by atoms with E-state index in [0.29, 0.717) is 31.5 Å². The summed E-state index contributed by atoms with van der Waals surface area (Å²) in [5.41, 5.74) is 3.50. The molecule has 1 N–H and O–H groups in total. The first-order valence-electron chi connectivity index (χ1n) is 11.1. The average molecular weight is 427 g/mol. The lowest BCUT2D eigenvalue weighted by Crippen LogP contribution is -2.52. The summed E-state index contributed by atoms with van der Waals surface area (Å²) in [5, 5.41) is 0. The van der Waals surface area contributed by atoms with Gasteiger partial charge in [-0.25, -0.2) is 0 Å². The monoisotopic (exact) mass is 426 g/mol. The van der Waals surface area contributed by atoms with E-state index in [1.54, 1.807) is 4.31 Å². The van der Waals surface area contributed by atoms with E-state index in [9.17, 15) is 8.42 Å². The Bertz CT molecular complexity index is 1020. The second kappa shape index (κ2) is 7.66. The summed E-state index contributed by atoms with van der Waals surface area (Å²) < 4.78 is 36.5. The van der Waals surface area contributed by atoms with Gasteiger partial charge in [0.15, 0.2) is 0 Å². The molecule has 3 unspecified atom stereocenters. The molecule has 2 fully saturated rings. The summed E-state index contributed by atoms with van der Waals surface area (Å²) in [6.45, 7) is 3.81. The highest BCUT2D eigenvalue weighted by Gasteiger charge is 2.59. The third kappa shape index (κ3) is 3.45. The second-order valence-electron chi connectivity index (χ2n) is 9.07. The number of hydrogen-bond donors (Lipinski definition) is 1. The van der Waals surface area contributed by atoms with E-state index in [1.165, 1.54) is 11.1 Å². The van der Waals surface area contributed by atoms with Crippen molar-refractivity contribution in [3.63, 3.8) is 0 Å². The molecule has 30 heavy (non-hydrogen) atoms. The van der Waals surface area contributed by atoms with E-state index >= 15 is 0 Å². The predicted octanol–water partition coefficient (Wildman–Crippen LogP) is 3.69. The van der Waals surface area contributed by atoms with Gasteiger partial charge >= 0.3 is 0 Å². The van der Waals surface area contributed by atoms with Crippen molar-refractivity contribution in [3.8, 4) is 5.75 Å². The van der Waals surface area contributed by atoms with Gasteiger partial charge in [0, 0.05) is 13.1 Å². The zero-order chi connectivity index (χ0) is 20.8. The maximum atomic E-state index is 12.8. The van der Waals surface area contributed by atoms with E-state index in [1.807, 2.05) is 25.1 Å². The molecule has 160 valence electrons. The van der Waals surface area contributed by atoms with Gasteiger partial charge in [-0.3, -0.25) is 0 Å². The quantitative estimate of drug-likeness (QED) is 0.793. The van der Waals surface area contributed by atoms with Crippen molar-refractivity contribution in [3.05, 3.63) is 65.2 Å². The number of hydrogen-bond acceptors (Lipinski definition) is 3. The van der Waals surface area contributed by atoms with E-state index in [0.717, 1.165) is 43.4 Å². The number of nitrogens with zero attached hydrogens (tertiary/aromatic N) is 1. The van der Waals surface area contributed by atoms with Crippen LogP contribution in [0.25, 0.3) is 0 Å². The fraction of sp³-hybridized carbons (Fsp3) is 0.500. The van der Waals surface area contributed by atoms with Crippen molar-refractivity contribution in [1.29, 1.82) is 0 Å². The highest BCUT2D eigenvalue weighted by molar-refractivity contribution is 7.87. The lowest BCUT2D eigenvalue weighted by molar-refractivity contribution is 0.213. The molecular formula is C24H30N2O3S. The minimum absolute atomic E-state index is 0.321. The van der Waals surface area contributed by atoms with Gasteiger partial charge < -0.3 is 4.74 Å². The zero-order valence-electron chi connectivity index (χ0n) is 17.5. The first kappa shape index (κ1) is 20.0. The van der Waals surface area contributed by atoms with Gasteiger partial charge in [0.1, 0.15) is 12.4 Å². The Labute approximate surface area is 179 Å². The molecule has 0 aromatic heterocycles. The van der Waals surface area contributed by atoms with Gasteiger partial charge in [0.2, 0.25) is 0 Å². The molecular weight excluding hydrogens is 396 g/mol. The Kier molecular flexibility index (Phi) is 5.12. The zero-order valence-corrected chi connectivity index (χ0v) is 18.3. The Morgan fingerprint density at radius 1 is 1.07 bits per heavy atom. The molecule has 1 saturated carbocycles. The standard InChI is InChI=1S/C24H30N2O3S/c1-2-12-26-17-24(25-30(26,27)28)21-9-10-22(24)14-20-15-23(11-8-19(20)13-21)29-16-18-6-4-3-5-7-18/h3-8,11,15,21-22,25H,2,9-10,12-14,16-17H2,1H3. The molecule has 1 spiro atoms. The smallest absolute Gasteiger partial charge is 0.280 e. The van der Waals surface area contributed by atoms with Crippen molar-refractivity contribution in [2.45, 2.75) is 51.2 Å². The summed E-state index contributed by atoms with van der Waals surface area (Å²) in [6, 6.07) is 16.6. The van der Waals surface area contributed by atoms with Crippen LogP contribution in [0, 0.1) is 11.8 Å². The molecule has 2 aromatic carbocycles. The van der Waals surface area contributed by atoms with Crippen molar-refractivity contribution in [1.82, 2.24) is 9.03 Å². The van der Waals surface area contributed by atoms with E-state index in [-0.39, 0.29) is 5.54 Å². The van der Waals surface area contributed by atoms with Crippen molar-refractivity contribution >= 4 is 10.2 Å². The SMILES string of the molecule is CCCN1CC2(NS1(=O)=O)C1CCC2Cc2cc(OCc3ccccc3)ccc2C1. The first-order chi connectivity index (χ1) is 14.5. The minimum atomic E-state index is -3.38. The molecule has 1 aliphatic heterocycles. The maximum Gasteiger partial charge on any atom is 0.280 e. The molecule has 2 bridgehead atoms. The summed E-state index contributed by atoms with van der Waals surface area (Å²) >= 11 is 0. The molecule has 0 amide bonds. The van der Waals surface area contributed by atoms with Crippen LogP contribution in [0.3, 0.4) is 0 Å². The van der Waals surface area contributed by atoms with E-state index in [4.69, 9.17) is 4.74 Å². The molecule has 3 atom stereocenters. The van der Waals surface area contributed by atoms with Crippen LogP contribution in [-0.2, 0) is 29.7 Å². The molecule has 5 nitrogen and oxygen atoms in total. The first-order valence-corrected chi connectivity index (χ1v) is 12.5. The van der Waals surface area contributed by atoms with Gasteiger partial charge in [0.05, 0.1) is 5.54 Å². The Balaban J connectivity index is 1.38. The number of nitrogens with one attached hydrogen (secondary N) is 1. The summed E-state index contributed by atoms with van der Waals surface area (Å²) in [6.07, 6.45) is 4.87. The second-order valence-corrected chi connectivity index (χ2v) is 10.7. The third-order valence-corrected chi connectivity index (χ3v) is 8.88. The van der Waals surface area contributed by atoms with Crippen LogP contribution >= 0.6 is 0 Å². The molecule has 2 aromatic rings. The van der Waals surface area contributed by atoms with Crippen molar-refractivity contribution in [2.75, 3.05) is 13.1 Å². The number of ether oxygens (including phenoxy) is 1. The Hall–Kier alpha value is -1.89. The fourth-order valence-electron chi connectivity index (χ4n) is 5.76. The average Bonchev–Trinajstić information content (AvgIpc) is 3.13. The number of benzene rings is 2. The van der Waals surface area contributed by atoms with E-state index in [2.05, 4.69) is 35.1 Å². The van der Waals surface area contributed by atoms with Gasteiger partial charge in [-0.2, -0.15) is 17.4 Å². The maximum absolute atomic E-state index is 12.8. The summed E-state index contributed by atoms with van der Waals surface area (Å²) in [4.78, 5) is 0. The fourth-order valence-corrected chi connectivity index (χ4v) is 7.57. The van der Waals surface area contributed by atoms with E-state index < -0.39 is 10.2 Å². The normalized spacial score (nSPS) is 29.6. The molecule has 1 heterocycles. The van der Waals surface area contributed by atoms with Gasteiger partial charge in [-0.1, -0.05) is 43.3 Å². The predicted molar refractivity (Wildman–Crippen MR) is 117 cm³/mol. The van der Waals surface area contributed by atoms with Crippen LogP contribution in [0.4, 0.5) is 0 Å². The van der Waals surface area contributed by atoms with Crippen LogP contribution in [0.15, 0.2) is 48.5 Å². The number of rotatable bonds is 5. The van der Waals surface area contributed by atoms with Crippen LogP contribution in [0.2, 0.25) is 0 Å². The summed E-state index contributed by atoms with van der Waals surface area (Å²) in [5.74, 6) is 1.59. The van der Waals surface area contributed by atoms with Crippen LogP contribution in [0.5, 0.6) is 5.75 Å².